The Morgan fingerprint density at radius 1 is 0.952 bits per heavy atom. The normalized spacial score (nSPS) is 14.0. The molecule has 0 spiro atoms. The molecule has 2 nitrogen and oxygen atoms in total. The van der Waals surface area contributed by atoms with Crippen LogP contribution >= 0.6 is 0 Å². The summed E-state index contributed by atoms with van der Waals surface area (Å²) in [5.41, 5.74) is 3.03. The molecule has 2 aromatic carbocycles. The average Bonchev–Trinajstić information content (AvgIpc) is 2.56. The third-order valence-electron chi connectivity index (χ3n) is 4.02. The van der Waals surface area contributed by atoms with Crippen molar-refractivity contribution < 1.29 is 5.11 Å². The molecule has 0 aliphatic carbocycles. The van der Waals surface area contributed by atoms with E-state index in [1.807, 2.05) is 48.5 Å². The summed E-state index contributed by atoms with van der Waals surface area (Å²) in [6.45, 7) is 2.11. The van der Waals surface area contributed by atoms with Crippen LogP contribution in [0, 0.1) is 0 Å². The fourth-order valence-corrected chi connectivity index (χ4v) is 2.84. The van der Waals surface area contributed by atoms with E-state index in [2.05, 4.69) is 24.0 Å². The second-order valence-corrected chi connectivity index (χ2v) is 5.33. The van der Waals surface area contributed by atoms with E-state index in [0.717, 1.165) is 22.9 Å². The van der Waals surface area contributed by atoms with Crippen molar-refractivity contribution in [2.24, 2.45) is 0 Å². The van der Waals surface area contributed by atoms with Gasteiger partial charge in [0.15, 0.2) is 0 Å². The summed E-state index contributed by atoms with van der Waals surface area (Å²) in [4.78, 5) is 4.37. The van der Waals surface area contributed by atoms with Crippen LogP contribution in [-0.4, -0.2) is 10.1 Å². The van der Waals surface area contributed by atoms with Gasteiger partial charge in [-0.05, 0) is 29.7 Å². The van der Waals surface area contributed by atoms with Crippen molar-refractivity contribution in [3.8, 4) is 0 Å². The lowest BCUT2D eigenvalue weighted by atomic mass is 9.87. The predicted molar refractivity (Wildman–Crippen MR) is 86.2 cm³/mol. The minimum Gasteiger partial charge on any atom is -0.388 e. The van der Waals surface area contributed by atoms with Gasteiger partial charge < -0.3 is 5.11 Å². The van der Waals surface area contributed by atoms with Crippen LogP contribution in [0.1, 0.15) is 36.5 Å². The molecule has 0 aliphatic heterocycles. The first kappa shape index (κ1) is 13.8. The molecule has 0 radical (unpaired) electrons. The molecule has 2 unspecified atom stereocenters. The molecular formula is C19H19NO. The van der Waals surface area contributed by atoms with Gasteiger partial charge in [-0.2, -0.15) is 0 Å². The van der Waals surface area contributed by atoms with E-state index in [0.29, 0.717) is 0 Å². The summed E-state index contributed by atoms with van der Waals surface area (Å²) >= 11 is 0. The minimum atomic E-state index is -0.510. The lowest BCUT2D eigenvalue weighted by Gasteiger charge is -2.22. The van der Waals surface area contributed by atoms with Gasteiger partial charge in [0, 0.05) is 17.5 Å². The highest BCUT2D eigenvalue weighted by molar-refractivity contribution is 5.79. The molecule has 2 heteroatoms. The molecule has 1 heterocycles. The zero-order valence-electron chi connectivity index (χ0n) is 12.1. The molecule has 106 valence electrons. The van der Waals surface area contributed by atoms with Crippen LogP contribution in [0.25, 0.3) is 10.9 Å². The number of aromatic nitrogens is 1. The molecule has 0 amide bonds. The highest BCUT2D eigenvalue weighted by Gasteiger charge is 2.21. The minimum absolute atomic E-state index is 0.104. The predicted octanol–water partition coefficient (Wildman–Crippen LogP) is 4.46. The number of hydrogen-bond donors (Lipinski definition) is 1. The van der Waals surface area contributed by atoms with Crippen LogP contribution in [0.5, 0.6) is 0 Å². The van der Waals surface area contributed by atoms with Crippen molar-refractivity contribution >= 4 is 10.9 Å². The Labute approximate surface area is 125 Å². The number of rotatable bonds is 4. The van der Waals surface area contributed by atoms with Gasteiger partial charge in [0.1, 0.15) is 0 Å². The van der Waals surface area contributed by atoms with Gasteiger partial charge >= 0.3 is 0 Å². The van der Waals surface area contributed by atoms with Crippen LogP contribution < -0.4 is 0 Å². The fourth-order valence-electron chi connectivity index (χ4n) is 2.84. The Morgan fingerprint density at radius 3 is 2.52 bits per heavy atom. The first-order valence-electron chi connectivity index (χ1n) is 7.37. The van der Waals surface area contributed by atoms with E-state index in [1.54, 1.807) is 6.20 Å². The van der Waals surface area contributed by atoms with Crippen LogP contribution in [0.15, 0.2) is 66.9 Å². The molecule has 1 aromatic heterocycles. The number of aliphatic hydroxyl groups is 1. The number of fused-ring (bicyclic) bond motifs is 1. The van der Waals surface area contributed by atoms with E-state index in [-0.39, 0.29) is 5.92 Å². The van der Waals surface area contributed by atoms with Crippen molar-refractivity contribution in [1.82, 2.24) is 4.98 Å². The van der Waals surface area contributed by atoms with Crippen molar-refractivity contribution in [3.05, 3.63) is 78.0 Å². The zero-order valence-corrected chi connectivity index (χ0v) is 12.1. The van der Waals surface area contributed by atoms with Crippen molar-refractivity contribution in [1.29, 1.82) is 0 Å². The summed E-state index contributed by atoms with van der Waals surface area (Å²) in [5, 5.41) is 11.9. The Balaban J connectivity index is 1.96. The van der Waals surface area contributed by atoms with Gasteiger partial charge in [0.05, 0.1) is 11.6 Å². The van der Waals surface area contributed by atoms with Gasteiger partial charge in [-0.3, -0.25) is 4.98 Å². The Kier molecular flexibility index (Phi) is 3.98. The van der Waals surface area contributed by atoms with E-state index in [9.17, 15) is 5.11 Å². The van der Waals surface area contributed by atoms with Crippen molar-refractivity contribution in [3.63, 3.8) is 0 Å². The molecule has 2 atom stereocenters. The molecule has 0 fully saturated rings. The average molecular weight is 277 g/mol. The van der Waals surface area contributed by atoms with Crippen molar-refractivity contribution in [2.75, 3.05) is 0 Å². The second-order valence-electron chi connectivity index (χ2n) is 5.33. The van der Waals surface area contributed by atoms with Gasteiger partial charge in [0.25, 0.3) is 0 Å². The van der Waals surface area contributed by atoms with E-state index in [4.69, 9.17) is 0 Å². The van der Waals surface area contributed by atoms with E-state index < -0.39 is 6.10 Å². The lowest BCUT2D eigenvalue weighted by Crippen LogP contribution is -2.10. The third-order valence-corrected chi connectivity index (χ3v) is 4.02. The summed E-state index contributed by atoms with van der Waals surface area (Å²) in [5.74, 6) is 0.104. The SMILES string of the molecule is CCC(c1ccccc1)C(O)c1ccc2cccnc2c1. The Bertz CT molecular complexity index is 724. The largest absolute Gasteiger partial charge is 0.388 e. The standard InChI is InChI=1S/C19H19NO/c1-2-17(14-7-4-3-5-8-14)19(21)16-11-10-15-9-6-12-20-18(15)13-16/h3-13,17,19,21H,2H2,1H3. The molecule has 3 rings (SSSR count). The van der Waals surface area contributed by atoms with Gasteiger partial charge in [-0.25, -0.2) is 0 Å². The first-order valence-corrected chi connectivity index (χ1v) is 7.37. The summed E-state index contributed by atoms with van der Waals surface area (Å²) in [6.07, 6.45) is 2.17. The smallest absolute Gasteiger partial charge is 0.0859 e. The van der Waals surface area contributed by atoms with Gasteiger partial charge in [-0.1, -0.05) is 55.5 Å². The molecule has 1 N–H and O–H groups in total. The van der Waals surface area contributed by atoms with Crippen LogP contribution in [0.3, 0.4) is 0 Å². The summed E-state index contributed by atoms with van der Waals surface area (Å²) < 4.78 is 0. The van der Waals surface area contributed by atoms with E-state index >= 15 is 0 Å². The molecule has 3 aromatic rings. The zero-order chi connectivity index (χ0) is 14.7. The fraction of sp³-hybridized carbons (Fsp3) is 0.211. The Morgan fingerprint density at radius 2 is 1.76 bits per heavy atom. The number of benzene rings is 2. The molecular weight excluding hydrogens is 258 g/mol. The maximum Gasteiger partial charge on any atom is 0.0859 e. The maximum atomic E-state index is 10.8. The van der Waals surface area contributed by atoms with Gasteiger partial charge in [0.2, 0.25) is 0 Å². The summed E-state index contributed by atoms with van der Waals surface area (Å²) in [7, 11) is 0. The second kappa shape index (κ2) is 6.06. The Hall–Kier alpha value is -2.19. The first-order chi connectivity index (χ1) is 10.3. The number of hydrogen-bond acceptors (Lipinski definition) is 2. The van der Waals surface area contributed by atoms with Crippen molar-refractivity contribution in [2.45, 2.75) is 25.4 Å². The number of nitrogens with zero attached hydrogens (tertiary/aromatic N) is 1. The van der Waals surface area contributed by atoms with Crippen LogP contribution in [-0.2, 0) is 0 Å². The number of aliphatic hydroxyl groups excluding tert-OH is 1. The third kappa shape index (κ3) is 2.81. The lowest BCUT2D eigenvalue weighted by molar-refractivity contribution is 0.142. The highest BCUT2D eigenvalue weighted by Crippen LogP contribution is 2.34. The summed E-state index contributed by atoms with van der Waals surface area (Å²) in [6, 6.07) is 20.2. The van der Waals surface area contributed by atoms with Crippen LogP contribution in [0.2, 0.25) is 0 Å². The number of pyridine rings is 1. The maximum absolute atomic E-state index is 10.8. The topological polar surface area (TPSA) is 33.1 Å². The monoisotopic (exact) mass is 277 g/mol. The highest BCUT2D eigenvalue weighted by atomic mass is 16.3. The van der Waals surface area contributed by atoms with E-state index in [1.165, 1.54) is 5.56 Å². The molecule has 0 bridgehead atoms. The van der Waals surface area contributed by atoms with Crippen LogP contribution in [0.4, 0.5) is 0 Å². The van der Waals surface area contributed by atoms with Gasteiger partial charge in [-0.15, -0.1) is 0 Å². The quantitative estimate of drug-likeness (QED) is 0.763. The molecule has 0 saturated carbocycles. The molecule has 0 saturated heterocycles. The molecule has 0 aliphatic rings. The molecule has 21 heavy (non-hydrogen) atoms.